The molecule has 0 saturated carbocycles. The number of rotatable bonds is 3. The second-order valence-corrected chi connectivity index (χ2v) is 6.65. The number of likely N-dealkylation sites (tertiary alicyclic amines) is 1. The molecule has 1 fully saturated rings. The molecule has 0 bridgehead atoms. The van der Waals surface area contributed by atoms with E-state index in [0.29, 0.717) is 36.1 Å². The number of benzene rings is 1. The number of carbonyl (C=O) groups excluding carboxylic acids is 1. The van der Waals surface area contributed by atoms with Gasteiger partial charge in [-0.05, 0) is 37.1 Å². The first kappa shape index (κ1) is 15.9. The van der Waals surface area contributed by atoms with Crippen LogP contribution >= 0.6 is 11.3 Å². The molecule has 1 aromatic carbocycles. The fourth-order valence-corrected chi connectivity index (χ4v) is 3.50. The average molecular weight is 358 g/mol. The van der Waals surface area contributed by atoms with E-state index in [1.54, 1.807) is 10.4 Å². The van der Waals surface area contributed by atoms with Gasteiger partial charge in [-0.2, -0.15) is 4.98 Å². The Labute approximate surface area is 147 Å². The SMILES string of the molecule is O=C(c1ccc(F)cc1)N1CCC[C@H](c2nc(-c3cscn3)no2)C1. The molecule has 1 saturated heterocycles. The highest BCUT2D eigenvalue weighted by molar-refractivity contribution is 7.07. The van der Waals surface area contributed by atoms with Gasteiger partial charge in [0.2, 0.25) is 11.7 Å². The van der Waals surface area contributed by atoms with Crippen LogP contribution in [0.4, 0.5) is 4.39 Å². The van der Waals surface area contributed by atoms with Gasteiger partial charge in [0, 0.05) is 24.0 Å². The molecule has 3 aromatic rings. The molecule has 0 aliphatic carbocycles. The second kappa shape index (κ2) is 6.72. The van der Waals surface area contributed by atoms with Crippen molar-refractivity contribution in [2.24, 2.45) is 0 Å². The zero-order valence-corrected chi connectivity index (χ0v) is 14.1. The van der Waals surface area contributed by atoms with E-state index in [-0.39, 0.29) is 17.6 Å². The Bertz CT molecular complexity index is 863. The number of halogens is 1. The van der Waals surface area contributed by atoms with Gasteiger partial charge in [-0.25, -0.2) is 9.37 Å². The molecule has 2 aromatic heterocycles. The van der Waals surface area contributed by atoms with Crippen LogP contribution in [0.3, 0.4) is 0 Å². The molecule has 25 heavy (non-hydrogen) atoms. The smallest absolute Gasteiger partial charge is 0.253 e. The Morgan fingerprint density at radius 2 is 2.16 bits per heavy atom. The molecule has 0 spiro atoms. The van der Waals surface area contributed by atoms with E-state index >= 15 is 0 Å². The van der Waals surface area contributed by atoms with Crippen LogP contribution in [0.1, 0.15) is 35.0 Å². The zero-order valence-electron chi connectivity index (χ0n) is 13.3. The fraction of sp³-hybridized carbons (Fsp3) is 0.294. The van der Waals surface area contributed by atoms with Crippen LogP contribution in [-0.2, 0) is 0 Å². The molecule has 1 aliphatic heterocycles. The number of amides is 1. The summed E-state index contributed by atoms with van der Waals surface area (Å²) in [5, 5.41) is 5.85. The van der Waals surface area contributed by atoms with Crippen molar-refractivity contribution in [3.8, 4) is 11.5 Å². The normalized spacial score (nSPS) is 17.6. The summed E-state index contributed by atoms with van der Waals surface area (Å²) < 4.78 is 18.4. The van der Waals surface area contributed by atoms with Crippen LogP contribution < -0.4 is 0 Å². The van der Waals surface area contributed by atoms with Gasteiger partial charge in [0.05, 0.1) is 11.4 Å². The number of nitrogens with zero attached hydrogens (tertiary/aromatic N) is 4. The third kappa shape index (κ3) is 3.30. The predicted molar refractivity (Wildman–Crippen MR) is 89.7 cm³/mol. The van der Waals surface area contributed by atoms with Crippen LogP contribution in [0.15, 0.2) is 39.7 Å². The van der Waals surface area contributed by atoms with Crippen molar-refractivity contribution in [1.82, 2.24) is 20.0 Å². The molecule has 128 valence electrons. The third-order valence-corrected chi connectivity index (χ3v) is 4.84. The lowest BCUT2D eigenvalue weighted by Crippen LogP contribution is -2.39. The van der Waals surface area contributed by atoms with E-state index in [0.717, 1.165) is 12.8 Å². The summed E-state index contributed by atoms with van der Waals surface area (Å²) in [7, 11) is 0. The summed E-state index contributed by atoms with van der Waals surface area (Å²) in [6, 6.07) is 5.61. The summed E-state index contributed by atoms with van der Waals surface area (Å²) in [6.07, 6.45) is 1.73. The Morgan fingerprint density at radius 3 is 2.92 bits per heavy atom. The minimum Gasteiger partial charge on any atom is -0.339 e. The standard InChI is InChI=1S/C17H15FN4O2S/c18-13-5-3-11(4-6-13)17(23)22-7-1-2-12(8-22)16-20-15(21-24-16)14-9-25-10-19-14/h3-6,9-10,12H,1-2,7-8H2/t12-/m0/s1. The molecule has 1 amide bonds. The van der Waals surface area contributed by atoms with Crippen molar-refractivity contribution in [3.63, 3.8) is 0 Å². The predicted octanol–water partition coefficient (Wildman–Crippen LogP) is 3.35. The van der Waals surface area contributed by atoms with E-state index in [4.69, 9.17) is 4.52 Å². The molecule has 0 N–H and O–H groups in total. The number of hydrogen-bond acceptors (Lipinski definition) is 6. The zero-order chi connectivity index (χ0) is 17.2. The molecule has 0 unspecified atom stereocenters. The second-order valence-electron chi connectivity index (χ2n) is 5.93. The Hall–Kier alpha value is -2.61. The average Bonchev–Trinajstić information content (AvgIpc) is 3.33. The highest BCUT2D eigenvalue weighted by Crippen LogP contribution is 2.28. The topological polar surface area (TPSA) is 72.1 Å². The minimum absolute atomic E-state index is 0.00182. The van der Waals surface area contributed by atoms with Crippen LogP contribution in [0.2, 0.25) is 0 Å². The highest BCUT2D eigenvalue weighted by Gasteiger charge is 2.29. The van der Waals surface area contributed by atoms with E-state index in [2.05, 4.69) is 15.1 Å². The van der Waals surface area contributed by atoms with Crippen LogP contribution in [0.25, 0.3) is 11.5 Å². The molecule has 8 heteroatoms. The van der Waals surface area contributed by atoms with Gasteiger partial charge in [0.1, 0.15) is 11.5 Å². The van der Waals surface area contributed by atoms with Gasteiger partial charge in [-0.15, -0.1) is 11.3 Å². The maximum absolute atomic E-state index is 13.0. The van der Waals surface area contributed by atoms with Crippen molar-refractivity contribution in [3.05, 3.63) is 52.4 Å². The summed E-state index contributed by atoms with van der Waals surface area (Å²) in [6.45, 7) is 1.18. The van der Waals surface area contributed by atoms with Crippen molar-refractivity contribution in [2.45, 2.75) is 18.8 Å². The summed E-state index contributed by atoms with van der Waals surface area (Å²) in [4.78, 5) is 23.0. The molecule has 4 rings (SSSR count). The molecule has 1 aliphatic rings. The first-order chi connectivity index (χ1) is 12.2. The van der Waals surface area contributed by atoms with E-state index < -0.39 is 0 Å². The van der Waals surface area contributed by atoms with Crippen molar-refractivity contribution in [1.29, 1.82) is 0 Å². The summed E-state index contributed by atoms with van der Waals surface area (Å²) >= 11 is 1.47. The molecule has 3 heterocycles. The number of piperidine rings is 1. The summed E-state index contributed by atoms with van der Waals surface area (Å²) in [5.41, 5.74) is 2.89. The Balaban J connectivity index is 1.49. The van der Waals surface area contributed by atoms with E-state index in [1.807, 2.05) is 5.38 Å². The number of carbonyl (C=O) groups is 1. The molecular formula is C17H15FN4O2S. The quantitative estimate of drug-likeness (QED) is 0.718. The Morgan fingerprint density at radius 1 is 1.32 bits per heavy atom. The van der Waals surface area contributed by atoms with Gasteiger partial charge in [0.15, 0.2) is 0 Å². The monoisotopic (exact) mass is 358 g/mol. The van der Waals surface area contributed by atoms with Crippen LogP contribution in [-0.4, -0.2) is 39.0 Å². The molecular weight excluding hydrogens is 343 g/mol. The van der Waals surface area contributed by atoms with Crippen LogP contribution in [0, 0.1) is 5.82 Å². The van der Waals surface area contributed by atoms with Gasteiger partial charge in [0.25, 0.3) is 5.91 Å². The number of hydrogen-bond donors (Lipinski definition) is 0. The van der Waals surface area contributed by atoms with E-state index in [1.165, 1.54) is 35.6 Å². The van der Waals surface area contributed by atoms with Gasteiger partial charge in [-0.1, -0.05) is 5.16 Å². The summed E-state index contributed by atoms with van der Waals surface area (Å²) in [5.74, 6) is 0.535. The van der Waals surface area contributed by atoms with Gasteiger partial charge < -0.3 is 9.42 Å². The maximum Gasteiger partial charge on any atom is 0.253 e. The van der Waals surface area contributed by atoms with Crippen molar-refractivity contribution in [2.75, 3.05) is 13.1 Å². The minimum atomic E-state index is -0.353. The molecule has 6 nitrogen and oxygen atoms in total. The van der Waals surface area contributed by atoms with E-state index in [9.17, 15) is 9.18 Å². The van der Waals surface area contributed by atoms with Gasteiger partial charge >= 0.3 is 0 Å². The number of thiazole rings is 1. The third-order valence-electron chi connectivity index (χ3n) is 4.25. The largest absolute Gasteiger partial charge is 0.339 e. The van der Waals surface area contributed by atoms with Crippen molar-refractivity contribution < 1.29 is 13.7 Å². The molecule has 0 radical (unpaired) electrons. The fourth-order valence-electron chi connectivity index (χ4n) is 2.97. The highest BCUT2D eigenvalue weighted by atomic mass is 32.1. The first-order valence-corrected chi connectivity index (χ1v) is 8.92. The lowest BCUT2D eigenvalue weighted by atomic mass is 9.97. The van der Waals surface area contributed by atoms with Gasteiger partial charge in [-0.3, -0.25) is 4.79 Å². The Kier molecular flexibility index (Phi) is 4.27. The lowest BCUT2D eigenvalue weighted by molar-refractivity contribution is 0.0695. The van der Waals surface area contributed by atoms with Crippen molar-refractivity contribution >= 4 is 17.2 Å². The lowest BCUT2D eigenvalue weighted by Gasteiger charge is -2.31. The van der Waals surface area contributed by atoms with Crippen LogP contribution in [0.5, 0.6) is 0 Å². The first-order valence-electron chi connectivity index (χ1n) is 7.98. The molecule has 1 atom stereocenters. The maximum atomic E-state index is 13.0. The number of aromatic nitrogens is 3.